The summed E-state index contributed by atoms with van der Waals surface area (Å²) in [5.41, 5.74) is 0.580. The molecule has 1 spiro atoms. The van der Waals surface area contributed by atoms with Gasteiger partial charge in [0.25, 0.3) is 0 Å². The Hall–Kier alpha value is -2.18. The second-order valence-corrected chi connectivity index (χ2v) is 10.7. The fourth-order valence-corrected chi connectivity index (χ4v) is 5.78. The first-order valence-corrected chi connectivity index (χ1v) is 12.5. The van der Waals surface area contributed by atoms with E-state index >= 15 is 0 Å². The van der Waals surface area contributed by atoms with E-state index in [1.165, 1.54) is 0 Å². The largest absolute Gasteiger partial charge is 0.490 e. The molecule has 2 fully saturated rings. The molecule has 8 nitrogen and oxygen atoms in total. The number of amides is 1. The van der Waals surface area contributed by atoms with Gasteiger partial charge in [-0.25, -0.2) is 13.2 Å². The Morgan fingerprint density at radius 1 is 1.09 bits per heavy atom. The van der Waals surface area contributed by atoms with Crippen molar-refractivity contribution in [2.75, 3.05) is 39.8 Å². The molecule has 34 heavy (non-hydrogen) atoms. The molecule has 0 radical (unpaired) electrons. The number of piperazine rings is 1. The SMILES string of the molecule is CCN1CCN(C)C(=O)C12CCN(S(=O)(=O)c1ccc(C(C)C)cc1)CC2.O=C(O)C(F)(F)F. The van der Waals surface area contributed by atoms with E-state index in [-0.39, 0.29) is 5.91 Å². The van der Waals surface area contributed by atoms with Crippen LogP contribution in [0.5, 0.6) is 0 Å². The monoisotopic (exact) mass is 507 g/mol. The Labute approximate surface area is 198 Å². The first-order chi connectivity index (χ1) is 15.7. The number of piperidine rings is 1. The number of hydrogen-bond donors (Lipinski definition) is 1. The first kappa shape index (κ1) is 28.1. The molecule has 0 bridgehead atoms. The summed E-state index contributed by atoms with van der Waals surface area (Å²) >= 11 is 0. The molecule has 3 rings (SSSR count). The normalized spacial score (nSPS) is 19.8. The van der Waals surface area contributed by atoms with Gasteiger partial charge in [0.15, 0.2) is 0 Å². The molecule has 2 heterocycles. The number of carboxylic acid groups (broad SMARTS) is 1. The van der Waals surface area contributed by atoms with Gasteiger partial charge >= 0.3 is 12.1 Å². The average molecular weight is 508 g/mol. The highest BCUT2D eigenvalue weighted by atomic mass is 32.2. The maximum atomic E-state index is 13.1. The average Bonchev–Trinajstić information content (AvgIpc) is 2.78. The minimum atomic E-state index is -5.08. The molecule has 192 valence electrons. The van der Waals surface area contributed by atoms with Gasteiger partial charge in [0, 0.05) is 33.2 Å². The molecule has 0 atom stereocenters. The van der Waals surface area contributed by atoms with E-state index in [4.69, 9.17) is 9.90 Å². The van der Waals surface area contributed by atoms with Crippen LogP contribution >= 0.6 is 0 Å². The zero-order chi connectivity index (χ0) is 25.9. The van der Waals surface area contributed by atoms with Crippen molar-refractivity contribution in [1.82, 2.24) is 14.1 Å². The van der Waals surface area contributed by atoms with Crippen LogP contribution in [0.15, 0.2) is 29.2 Å². The third kappa shape index (κ3) is 5.89. The standard InChI is InChI=1S/C20H31N3O3S.C2HF3O2/c1-5-22-15-14-21(4)19(24)20(22)10-12-23(13-11-20)27(25,26)18-8-6-17(7-9-18)16(2)3;3-2(4,5)1(6)7/h6-9,16H,5,10-15H2,1-4H3;(H,6,7). The maximum Gasteiger partial charge on any atom is 0.490 e. The molecule has 1 aromatic carbocycles. The third-order valence-electron chi connectivity index (χ3n) is 6.41. The van der Waals surface area contributed by atoms with Crippen molar-refractivity contribution in [1.29, 1.82) is 0 Å². The van der Waals surface area contributed by atoms with E-state index in [9.17, 15) is 26.4 Å². The molecular weight excluding hydrogens is 475 g/mol. The molecular formula is C22H32F3N3O5S. The molecule has 0 aromatic heterocycles. The zero-order valence-corrected chi connectivity index (χ0v) is 20.6. The molecule has 12 heteroatoms. The molecule has 2 saturated heterocycles. The number of carboxylic acids is 1. The van der Waals surface area contributed by atoms with Crippen LogP contribution in [0.1, 0.15) is 45.1 Å². The summed E-state index contributed by atoms with van der Waals surface area (Å²) < 4.78 is 59.4. The highest BCUT2D eigenvalue weighted by Gasteiger charge is 2.50. The predicted octanol–water partition coefficient (Wildman–Crippen LogP) is 2.76. The van der Waals surface area contributed by atoms with Crippen LogP contribution in [-0.4, -0.2) is 91.0 Å². The van der Waals surface area contributed by atoms with Gasteiger partial charge in [-0.05, 0) is 43.0 Å². The van der Waals surface area contributed by atoms with Crippen molar-refractivity contribution in [3.63, 3.8) is 0 Å². The lowest BCUT2D eigenvalue weighted by Crippen LogP contribution is -2.68. The zero-order valence-electron chi connectivity index (χ0n) is 19.8. The van der Waals surface area contributed by atoms with Gasteiger partial charge in [-0.1, -0.05) is 32.9 Å². The molecule has 1 N–H and O–H groups in total. The highest BCUT2D eigenvalue weighted by Crippen LogP contribution is 2.35. The number of hydrogen-bond acceptors (Lipinski definition) is 5. The summed E-state index contributed by atoms with van der Waals surface area (Å²) in [7, 11) is -1.68. The number of carbonyl (C=O) groups is 2. The summed E-state index contributed by atoms with van der Waals surface area (Å²) in [5.74, 6) is -2.26. The molecule has 0 aliphatic carbocycles. The lowest BCUT2D eigenvalue weighted by molar-refractivity contribution is -0.192. The van der Waals surface area contributed by atoms with Gasteiger partial charge in [0.05, 0.1) is 4.90 Å². The van der Waals surface area contributed by atoms with Crippen LogP contribution in [0.4, 0.5) is 13.2 Å². The van der Waals surface area contributed by atoms with Crippen LogP contribution in [0.2, 0.25) is 0 Å². The lowest BCUT2D eigenvalue weighted by atomic mass is 9.83. The van der Waals surface area contributed by atoms with E-state index in [0.29, 0.717) is 36.7 Å². The number of carbonyl (C=O) groups excluding carboxylic acids is 1. The lowest BCUT2D eigenvalue weighted by Gasteiger charge is -2.51. The predicted molar refractivity (Wildman–Crippen MR) is 120 cm³/mol. The highest BCUT2D eigenvalue weighted by molar-refractivity contribution is 7.89. The van der Waals surface area contributed by atoms with Gasteiger partial charge < -0.3 is 10.0 Å². The molecule has 1 amide bonds. The fraction of sp³-hybridized carbons (Fsp3) is 0.636. The van der Waals surface area contributed by atoms with Gasteiger partial charge in [-0.2, -0.15) is 17.5 Å². The number of halogens is 3. The number of likely N-dealkylation sites (N-methyl/N-ethyl adjacent to an activating group) is 2. The van der Waals surface area contributed by atoms with Crippen LogP contribution in [0.3, 0.4) is 0 Å². The van der Waals surface area contributed by atoms with E-state index in [0.717, 1.165) is 25.2 Å². The molecule has 2 aliphatic heterocycles. The quantitative estimate of drug-likeness (QED) is 0.673. The van der Waals surface area contributed by atoms with Crippen molar-refractivity contribution in [2.24, 2.45) is 0 Å². The van der Waals surface area contributed by atoms with Crippen molar-refractivity contribution in [2.45, 2.75) is 56.1 Å². The second kappa shape index (κ2) is 10.6. The summed E-state index contributed by atoms with van der Waals surface area (Å²) in [6.45, 7) is 9.40. The Morgan fingerprint density at radius 3 is 2.00 bits per heavy atom. The van der Waals surface area contributed by atoms with Crippen molar-refractivity contribution in [3.8, 4) is 0 Å². The van der Waals surface area contributed by atoms with Crippen LogP contribution in [0, 0.1) is 0 Å². The Balaban J connectivity index is 0.000000509. The van der Waals surface area contributed by atoms with E-state index in [1.807, 2.05) is 19.2 Å². The van der Waals surface area contributed by atoms with Crippen molar-refractivity contribution >= 4 is 21.9 Å². The van der Waals surface area contributed by atoms with Crippen LogP contribution in [-0.2, 0) is 19.6 Å². The Kier molecular flexibility index (Phi) is 8.76. The number of alkyl halides is 3. The number of sulfonamides is 1. The minimum Gasteiger partial charge on any atom is -0.475 e. The number of rotatable bonds is 4. The van der Waals surface area contributed by atoms with Gasteiger partial charge in [-0.3, -0.25) is 9.69 Å². The van der Waals surface area contributed by atoms with Crippen LogP contribution in [0.25, 0.3) is 0 Å². The minimum absolute atomic E-state index is 0.133. The van der Waals surface area contributed by atoms with Gasteiger partial charge in [-0.15, -0.1) is 0 Å². The van der Waals surface area contributed by atoms with Crippen molar-refractivity contribution < 1.29 is 36.3 Å². The van der Waals surface area contributed by atoms with Gasteiger partial charge in [0.1, 0.15) is 5.54 Å². The summed E-state index contributed by atoms with van der Waals surface area (Å²) in [5, 5.41) is 7.12. The molecule has 1 aromatic rings. The smallest absolute Gasteiger partial charge is 0.475 e. The maximum absolute atomic E-state index is 13.1. The van der Waals surface area contributed by atoms with Gasteiger partial charge in [0.2, 0.25) is 15.9 Å². The summed E-state index contributed by atoms with van der Waals surface area (Å²) in [4.78, 5) is 26.2. The van der Waals surface area contributed by atoms with Crippen molar-refractivity contribution in [3.05, 3.63) is 29.8 Å². The molecule has 0 saturated carbocycles. The topological polar surface area (TPSA) is 98.2 Å². The Morgan fingerprint density at radius 2 is 1.59 bits per heavy atom. The van der Waals surface area contributed by atoms with E-state index < -0.39 is 27.7 Å². The first-order valence-electron chi connectivity index (χ1n) is 11.1. The number of nitrogens with zero attached hydrogens (tertiary/aromatic N) is 3. The summed E-state index contributed by atoms with van der Waals surface area (Å²) in [6, 6.07) is 7.18. The Bertz CT molecular complexity index is 972. The second-order valence-electron chi connectivity index (χ2n) is 8.77. The third-order valence-corrected chi connectivity index (χ3v) is 8.33. The molecule has 2 aliphatic rings. The van der Waals surface area contributed by atoms with E-state index in [1.54, 1.807) is 21.3 Å². The fourth-order valence-electron chi connectivity index (χ4n) is 4.34. The van der Waals surface area contributed by atoms with E-state index in [2.05, 4.69) is 25.7 Å². The molecule has 0 unspecified atom stereocenters. The summed E-state index contributed by atoms with van der Waals surface area (Å²) in [6.07, 6.45) is -3.99. The van der Waals surface area contributed by atoms with Crippen LogP contribution < -0.4 is 0 Å². The number of aliphatic carboxylic acids is 1. The number of benzene rings is 1.